The number of esters is 1. The Balaban J connectivity index is 1.71. The molecule has 2 aromatic rings. The Kier molecular flexibility index (Phi) is 6.19. The van der Waals surface area contributed by atoms with Gasteiger partial charge in [0.25, 0.3) is 0 Å². The Morgan fingerprint density at radius 2 is 2.17 bits per heavy atom. The number of fused-ring (bicyclic) bond motifs is 1. The lowest BCUT2D eigenvalue weighted by atomic mass is 9.64. The fourth-order valence-corrected chi connectivity index (χ4v) is 3.12. The van der Waals surface area contributed by atoms with Crippen LogP contribution < -0.4 is 10.5 Å². The van der Waals surface area contributed by atoms with Crippen molar-refractivity contribution in [3.63, 3.8) is 0 Å². The number of nitriles is 1. The number of para-hydroxylation sites is 1. The van der Waals surface area contributed by atoms with Crippen molar-refractivity contribution in [1.29, 1.82) is 5.26 Å². The molecule has 0 unspecified atom stereocenters. The average molecular weight is 399 g/mol. The molecule has 1 N–H and O–H groups in total. The highest BCUT2D eigenvalue weighted by molar-refractivity contribution is 6.47. The summed E-state index contributed by atoms with van der Waals surface area (Å²) in [6.45, 7) is 1.22. The van der Waals surface area contributed by atoms with Gasteiger partial charge in [0.1, 0.15) is 17.1 Å². The van der Waals surface area contributed by atoms with E-state index in [2.05, 4.69) is 0 Å². The number of hydrogen-bond donors (Lipinski definition) is 1. The van der Waals surface area contributed by atoms with E-state index < -0.39 is 24.7 Å². The van der Waals surface area contributed by atoms with Crippen LogP contribution in [0, 0.1) is 18.3 Å². The summed E-state index contributed by atoms with van der Waals surface area (Å²) in [5, 5.41) is 18.9. The Labute approximate surface area is 166 Å². The van der Waals surface area contributed by atoms with Crippen LogP contribution in [0.5, 0.6) is 5.75 Å². The summed E-state index contributed by atoms with van der Waals surface area (Å²) in [6, 6.07) is 6.79. The van der Waals surface area contributed by atoms with Crippen LogP contribution in [0.2, 0.25) is 5.82 Å². The van der Waals surface area contributed by atoms with E-state index in [0.29, 0.717) is 12.0 Å². The van der Waals surface area contributed by atoms with Crippen LogP contribution >= 0.6 is 0 Å². The first-order valence-electron chi connectivity index (χ1n) is 9.00. The van der Waals surface area contributed by atoms with Gasteiger partial charge in [0, 0.05) is 25.1 Å². The van der Waals surface area contributed by atoms with Gasteiger partial charge in [-0.05, 0) is 25.0 Å². The van der Waals surface area contributed by atoms with Crippen LogP contribution in [0.3, 0.4) is 0 Å². The lowest BCUT2D eigenvalue weighted by molar-refractivity contribution is -0.119. The molecule has 150 valence electrons. The van der Waals surface area contributed by atoms with E-state index in [4.69, 9.17) is 23.5 Å². The predicted octanol–water partition coefficient (Wildman–Crippen LogP) is 1.95. The molecule has 0 amide bonds. The van der Waals surface area contributed by atoms with Crippen LogP contribution in [0.25, 0.3) is 0 Å². The first-order chi connectivity index (χ1) is 13.9. The zero-order valence-electron chi connectivity index (χ0n) is 15.7. The van der Waals surface area contributed by atoms with Gasteiger partial charge >= 0.3 is 18.9 Å². The largest absolute Gasteiger partial charge is 0.535 e. The van der Waals surface area contributed by atoms with Gasteiger partial charge < -0.3 is 23.2 Å². The molecule has 0 fully saturated rings. The minimum absolute atomic E-state index is 0.0791. The topological polar surface area (TPSA) is 140 Å². The zero-order chi connectivity index (χ0) is 21.0. The molecule has 1 aliphatic heterocycles. The monoisotopic (exact) mass is 399 g/mol. The van der Waals surface area contributed by atoms with Crippen molar-refractivity contribution in [2.45, 2.75) is 45.0 Å². The fourth-order valence-electron chi connectivity index (χ4n) is 3.12. The van der Waals surface area contributed by atoms with E-state index in [-0.39, 0.29) is 54.5 Å². The summed E-state index contributed by atoms with van der Waals surface area (Å²) in [7, 11) is -1.27. The second kappa shape index (κ2) is 8.79. The van der Waals surface area contributed by atoms with Crippen molar-refractivity contribution < 1.29 is 32.8 Å². The molecule has 1 aromatic carbocycles. The summed E-state index contributed by atoms with van der Waals surface area (Å²) in [5.41, 5.74) is 0.771. The zero-order valence-corrected chi connectivity index (χ0v) is 15.7. The summed E-state index contributed by atoms with van der Waals surface area (Å²) in [5.74, 6) is -1.69. The molecule has 1 aromatic heterocycles. The molecule has 10 heteroatoms. The van der Waals surface area contributed by atoms with Gasteiger partial charge in [-0.2, -0.15) is 5.26 Å². The standard InChI is InChI=1S/C19H18BNO8/c1-11-16(28-19(24)27-11)10-26-18(23)15-6-2-4-12-8-13(20(25)29-17(12)15)9-14(22)5-3-7-21/h2,4,6,13,25H,3,5,8-10H2,1H3/t13-/m1/s1. The summed E-state index contributed by atoms with van der Waals surface area (Å²) < 4.78 is 20.2. The molecule has 0 saturated heterocycles. The number of nitrogens with zero attached hydrogens (tertiary/aromatic N) is 1. The van der Waals surface area contributed by atoms with E-state index in [9.17, 15) is 19.4 Å². The maximum absolute atomic E-state index is 12.5. The number of hydrogen-bond acceptors (Lipinski definition) is 9. The van der Waals surface area contributed by atoms with E-state index in [1.165, 1.54) is 13.0 Å². The van der Waals surface area contributed by atoms with Crippen LogP contribution in [0.1, 0.15) is 46.7 Å². The van der Waals surface area contributed by atoms with Gasteiger partial charge in [0.2, 0.25) is 0 Å². The highest BCUT2D eigenvalue weighted by atomic mass is 16.6. The lowest BCUT2D eigenvalue weighted by Crippen LogP contribution is -2.35. The van der Waals surface area contributed by atoms with Gasteiger partial charge in [-0.1, -0.05) is 12.1 Å². The Hall–Kier alpha value is -3.32. The summed E-state index contributed by atoms with van der Waals surface area (Å²) >= 11 is 0. The third-order valence-corrected chi connectivity index (χ3v) is 4.62. The van der Waals surface area contributed by atoms with Gasteiger partial charge in [0.15, 0.2) is 18.1 Å². The first-order valence-corrected chi connectivity index (χ1v) is 9.00. The second-order valence-electron chi connectivity index (χ2n) is 6.68. The van der Waals surface area contributed by atoms with Gasteiger partial charge in [0.05, 0.1) is 6.07 Å². The second-order valence-corrected chi connectivity index (χ2v) is 6.68. The smallest absolute Gasteiger partial charge is 0.526 e. The predicted molar refractivity (Wildman–Crippen MR) is 98.1 cm³/mol. The number of Topliss-reactive ketones (excluding diaryl/α,β-unsaturated/α-hetero) is 1. The van der Waals surface area contributed by atoms with Crippen LogP contribution in [0.15, 0.2) is 31.8 Å². The Morgan fingerprint density at radius 3 is 2.86 bits per heavy atom. The number of ketones is 1. The molecule has 0 saturated carbocycles. The molecule has 9 nitrogen and oxygen atoms in total. The lowest BCUT2D eigenvalue weighted by Gasteiger charge is -2.28. The van der Waals surface area contributed by atoms with Crippen LogP contribution in [-0.4, -0.2) is 23.9 Å². The molecule has 0 bridgehead atoms. The molecule has 2 heterocycles. The minimum Gasteiger partial charge on any atom is -0.535 e. The van der Waals surface area contributed by atoms with E-state index in [1.54, 1.807) is 12.1 Å². The first kappa shape index (κ1) is 20.4. The number of carbonyl (C=O) groups excluding carboxylic acids is 2. The molecule has 0 aliphatic carbocycles. The van der Waals surface area contributed by atoms with E-state index in [0.717, 1.165) is 0 Å². The third kappa shape index (κ3) is 4.76. The van der Waals surface area contributed by atoms with Gasteiger partial charge in [-0.3, -0.25) is 4.79 Å². The third-order valence-electron chi connectivity index (χ3n) is 4.62. The van der Waals surface area contributed by atoms with Crippen molar-refractivity contribution in [3.8, 4) is 11.8 Å². The number of carbonyl (C=O) groups is 2. The number of benzene rings is 1. The summed E-state index contributed by atoms with van der Waals surface area (Å²) in [4.78, 5) is 35.5. The molecule has 0 spiro atoms. The molecule has 1 aliphatic rings. The summed E-state index contributed by atoms with van der Waals surface area (Å²) in [6.07, 6.45) is 0.676. The molecule has 3 rings (SSSR count). The normalized spacial score (nSPS) is 15.2. The molecule has 0 radical (unpaired) electrons. The van der Waals surface area contributed by atoms with Crippen molar-refractivity contribution in [2.24, 2.45) is 0 Å². The van der Waals surface area contributed by atoms with Crippen LogP contribution in [-0.2, 0) is 22.6 Å². The number of aryl methyl sites for hydroxylation is 1. The molecule has 29 heavy (non-hydrogen) atoms. The van der Waals surface area contributed by atoms with E-state index >= 15 is 0 Å². The van der Waals surface area contributed by atoms with Gasteiger partial charge in [-0.25, -0.2) is 9.59 Å². The fraction of sp³-hybridized carbons (Fsp3) is 0.368. The molecular weight excluding hydrogens is 381 g/mol. The Bertz CT molecular complexity index is 1020. The minimum atomic E-state index is -1.27. The highest BCUT2D eigenvalue weighted by Gasteiger charge is 2.37. The van der Waals surface area contributed by atoms with Crippen molar-refractivity contribution >= 4 is 18.9 Å². The Morgan fingerprint density at radius 1 is 1.38 bits per heavy atom. The van der Waals surface area contributed by atoms with Crippen molar-refractivity contribution in [2.75, 3.05) is 0 Å². The number of ether oxygens (including phenoxy) is 1. The molecule has 1 atom stereocenters. The van der Waals surface area contributed by atoms with Crippen molar-refractivity contribution in [1.82, 2.24) is 0 Å². The van der Waals surface area contributed by atoms with Crippen molar-refractivity contribution in [3.05, 3.63) is 51.5 Å². The van der Waals surface area contributed by atoms with Crippen LogP contribution in [0.4, 0.5) is 0 Å². The molecular formula is C19H18BNO8. The highest BCUT2D eigenvalue weighted by Crippen LogP contribution is 2.36. The van der Waals surface area contributed by atoms with Gasteiger partial charge in [-0.15, -0.1) is 0 Å². The maximum Gasteiger partial charge on any atom is 0.526 e. The SMILES string of the molecule is Cc1oc(=O)oc1COC(=O)c1cccc2c1OB(O)[C@@H](CC(=O)CCC#N)C2. The maximum atomic E-state index is 12.5. The quantitative estimate of drug-likeness (QED) is 0.546. The van der Waals surface area contributed by atoms with E-state index in [1.807, 2.05) is 6.07 Å². The average Bonchev–Trinajstić information content (AvgIpc) is 3.01. The number of rotatable bonds is 7.